The van der Waals surface area contributed by atoms with Crippen molar-refractivity contribution < 1.29 is 9.59 Å². The zero-order valence-corrected chi connectivity index (χ0v) is 16.5. The average molecular weight is 400 g/mol. The molecule has 146 valence electrons. The average Bonchev–Trinajstić information content (AvgIpc) is 2.69. The predicted molar refractivity (Wildman–Crippen MR) is 106 cm³/mol. The first-order valence-electron chi connectivity index (χ1n) is 9.38. The quantitative estimate of drug-likeness (QED) is 0.788. The maximum absolute atomic E-state index is 12.8. The van der Waals surface area contributed by atoms with E-state index in [9.17, 15) is 9.59 Å². The lowest BCUT2D eigenvalue weighted by Gasteiger charge is -2.43. The summed E-state index contributed by atoms with van der Waals surface area (Å²) in [4.78, 5) is 38.9. The molecule has 2 saturated heterocycles. The van der Waals surface area contributed by atoms with Crippen LogP contribution in [-0.2, 0) is 4.79 Å². The van der Waals surface area contributed by atoms with E-state index in [1.54, 1.807) is 4.90 Å². The lowest BCUT2D eigenvalue weighted by Crippen LogP contribution is -2.59. The van der Waals surface area contributed by atoms with Gasteiger partial charge in [0, 0.05) is 62.4 Å². The lowest BCUT2D eigenvalue weighted by atomic mass is 9.97. The topological polar surface area (TPSA) is 69.6 Å². The Morgan fingerprint density at radius 2 is 1.82 bits per heavy atom. The van der Waals surface area contributed by atoms with Gasteiger partial charge in [-0.05, 0) is 24.6 Å². The molecule has 2 aromatic rings. The summed E-state index contributed by atoms with van der Waals surface area (Å²) in [6.07, 6.45) is 4.48. The molecule has 2 aliphatic heterocycles. The molecule has 0 bridgehead atoms. The van der Waals surface area contributed by atoms with Gasteiger partial charge < -0.3 is 14.7 Å². The molecule has 1 aromatic carbocycles. The number of aryl methyl sites for hydroxylation is 1. The molecule has 1 aromatic heterocycles. The smallest absolute Gasteiger partial charge is 0.274 e. The molecule has 28 heavy (non-hydrogen) atoms. The number of likely N-dealkylation sites (tertiary alicyclic amines) is 1. The summed E-state index contributed by atoms with van der Waals surface area (Å²) >= 11 is 6.13. The fourth-order valence-corrected chi connectivity index (χ4v) is 3.89. The van der Waals surface area contributed by atoms with Gasteiger partial charge in [0.25, 0.3) is 5.91 Å². The summed E-state index contributed by atoms with van der Waals surface area (Å²) < 4.78 is 0. The molecule has 2 amide bonds. The van der Waals surface area contributed by atoms with E-state index < -0.39 is 0 Å². The van der Waals surface area contributed by atoms with E-state index in [1.807, 2.05) is 23.1 Å². The molecule has 2 aliphatic rings. The maximum Gasteiger partial charge on any atom is 0.274 e. The van der Waals surface area contributed by atoms with E-state index in [1.165, 1.54) is 24.2 Å². The Bertz CT molecular complexity index is 877. The molecule has 2 fully saturated rings. The van der Waals surface area contributed by atoms with Gasteiger partial charge in [-0.3, -0.25) is 14.6 Å². The number of piperazine rings is 1. The fraction of sp³-hybridized carbons (Fsp3) is 0.400. The SMILES string of the molecule is Cc1ccc(Cl)cc1N1CCN(C(=O)C2CN(C(=O)c3cnccn3)C2)CC1. The van der Waals surface area contributed by atoms with Gasteiger partial charge in [-0.15, -0.1) is 0 Å². The zero-order valence-electron chi connectivity index (χ0n) is 15.7. The van der Waals surface area contributed by atoms with E-state index in [0.717, 1.165) is 23.8 Å². The summed E-state index contributed by atoms with van der Waals surface area (Å²) in [7, 11) is 0. The van der Waals surface area contributed by atoms with E-state index in [4.69, 9.17) is 11.6 Å². The zero-order chi connectivity index (χ0) is 19.7. The molecular formula is C20H22ClN5O2. The number of carbonyl (C=O) groups is 2. The molecule has 0 N–H and O–H groups in total. The Balaban J connectivity index is 1.29. The Labute approximate surface area is 168 Å². The van der Waals surface area contributed by atoms with Crippen LogP contribution < -0.4 is 4.90 Å². The van der Waals surface area contributed by atoms with Gasteiger partial charge in [0.2, 0.25) is 5.91 Å². The highest BCUT2D eigenvalue weighted by Crippen LogP contribution is 2.26. The van der Waals surface area contributed by atoms with E-state index in [2.05, 4.69) is 21.8 Å². The molecule has 0 unspecified atom stereocenters. The van der Waals surface area contributed by atoms with Gasteiger partial charge in [-0.2, -0.15) is 0 Å². The van der Waals surface area contributed by atoms with Crippen LogP contribution >= 0.6 is 11.6 Å². The van der Waals surface area contributed by atoms with Crippen molar-refractivity contribution in [2.45, 2.75) is 6.92 Å². The van der Waals surface area contributed by atoms with Crippen LogP contribution in [0.25, 0.3) is 0 Å². The van der Waals surface area contributed by atoms with Gasteiger partial charge >= 0.3 is 0 Å². The molecule has 4 rings (SSSR count). The highest BCUT2D eigenvalue weighted by molar-refractivity contribution is 6.30. The van der Waals surface area contributed by atoms with E-state index in [-0.39, 0.29) is 17.7 Å². The number of anilines is 1. The first kappa shape index (κ1) is 18.7. The number of rotatable bonds is 3. The van der Waals surface area contributed by atoms with Crippen LogP contribution in [0.15, 0.2) is 36.8 Å². The number of amides is 2. The summed E-state index contributed by atoms with van der Waals surface area (Å²) in [5.74, 6) is -0.163. The van der Waals surface area contributed by atoms with Gasteiger partial charge in [0.05, 0.1) is 12.1 Å². The van der Waals surface area contributed by atoms with Crippen molar-refractivity contribution >= 4 is 29.1 Å². The van der Waals surface area contributed by atoms with Gasteiger partial charge in [0.1, 0.15) is 5.69 Å². The van der Waals surface area contributed by atoms with Crippen molar-refractivity contribution in [3.63, 3.8) is 0 Å². The molecule has 0 radical (unpaired) electrons. The number of halogens is 1. The second kappa shape index (κ2) is 7.75. The third-order valence-electron chi connectivity index (χ3n) is 5.40. The van der Waals surface area contributed by atoms with Gasteiger partial charge in [0.15, 0.2) is 0 Å². The maximum atomic E-state index is 12.8. The lowest BCUT2D eigenvalue weighted by molar-refractivity contribution is -0.140. The van der Waals surface area contributed by atoms with Crippen molar-refractivity contribution in [3.05, 3.63) is 53.1 Å². The summed E-state index contributed by atoms with van der Waals surface area (Å²) in [5.41, 5.74) is 2.63. The van der Waals surface area contributed by atoms with Crippen LogP contribution in [-0.4, -0.2) is 70.9 Å². The summed E-state index contributed by atoms with van der Waals surface area (Å²) in [6.45, 7) is 5.88. The standard InChI is InChI=1S/C20H22ClN5O2/c1-14-2-3-16(21)10-18(14)24-6-8-25(9-7-24)19(27)15-12-26(13-15)20(28)17-11-22-4-5-23-17/h2-5,10-11,15H,6-9,12-13H2,1H3. The monoisotopic (exact) mass is 399 g/mol. The van der Waals surface area contributed by atoms with Crippen molar-refractivity contribution in [2.24, 2.45) is 5.92 Å². The Hall–Kier alpha value is -2.67. The third-order valence-corrected chi connectivity index (χ3v) is 5.64. The van der Waals surface area contributed by atoms with Crippen LogP contribution in [0.4, 0.5) is 5.69 Å². The highest BCUT2D eigenvalue weighted by Gasteiger charge is 2.39. The molecule has 0 spiro atoms. The highest BCUT2D eigenvalue weighted by atomic mass is 35.5. The van der Waals surface area contributed by atoms with Crippen molar-refractivity contribution in [3.8, 4) is 0 Å². The Morgan fingerprint density at radius 3 is 2.50 bits per heavy atom. The first-order chi connectivity index (χ1) is 13.5. The molecule has 7 nitrogen and oxygen atoms in total. The predicted octanol–water partition coefficient (Wildman–Crippen LogP) is 1.86. The number of benzene rings is 1. The van der Waals surface area contributed by atoms with E-state index in [0.29, 0.717) is 31.9 Å². The van der Waals surface area contributed by atoms with Crippen molar-refractivity contribution in [1.82, 2.24) is 19.8 Å². The van der Waals surface area contributed by atoms with Crippen LogP contribution in [0.5, 0.6) is 0 Å². The summed E-state index contributed by atoms with van der Waals surface area (Å²) in [5, 5.41) is 0.724. The van der Waals surface area contributed by atoms with E-state index >= 15 is 0 Å². The number of carbonyl (C=O) groups excluding carboxylic acids is 2. The Morgan fingerprint density at radius 1 is 1.07 bits per heavy atom. The molecule has 0 saturated carbocycles. The largest absolute Gasteiger partial charge is 0.368 e. The normalized spacial score (nSPS) is 17.4. The number of aromatic nitrogens is 2. The van der Waals surface area contributed by atoms with Crippen molar-refractivity contribution in [2.75, 3.05) is 44.2 Å². The number of hydrogen-bond acceptors (Lipinski definition) is 5. The first-order valence-corrected chi connectivity index (χ1v) is 9.76. The van der Waals surface area contributed by atoms with Crippen LogP contribution in [0, 0.1) is 12.8 Å². The second-order valence-corrected chi connectivity index (χ2v) is 7.68. The van der Waals surface area contributed by atoms with Crippen LogP contribution in [0.2, 0.25) is 5.02 Å². The minimum Gasteiger partial charge on any atom is -0.368 e. The number of hydrogen-bond donors (Lipinski definition) is 0. The number of nitrogens with zero attached hydrogens (tertiary/aromatic N) is 5. The van der Waals surface area contributed by atoms with Gasteiger partial charge in [-0.1, -0.05) is 17.7 Å². The van der Waals surface area contributed by atoms with Crippen LogP contribution in [0.3, 0.4) is 0 Å². The molecule has 0 aliphatic carbocycles. The van der Waals surface area contributed by atoms with Gasteiger partial charge in [-0.25, -0.2) is 4.98 Å². The Kier molecular flexibility index (Phi) is 5.17. The second-order valence-electron chi connectivity index (χ2n) is 7.24. The van der Waals surface area contributed by atoms with Crippen LogP contribution in [0.1, 0.15) is 16.1 Å². The minimum absolute atomic E-state index is 0.125. The molecule has 3 heterocycles. The summed E-state index contributed by atoms with van der Waals surface area (Å²) in [6, 6.07) is 5.90. The molecule has 8 heteroatoms. The molecule has 0 atom stereocenters. The fourth-order valence-electron chi connectivity index (χ4n) is 3.72. The van der Waals surface area contributed by atoms with Crippen molar-refractivity contribution in [1.29, 1.82) is 0 Å². The molecular weight excluding hydrogens is 378 g/mol. The minimum atomic E-state index is -0.168. The third kappa shape index (κ3) is 3.67.